The van der Waals surface area contributed by atoms with Gasteiger partial charge >= 0.3 is 0 Å². The number of hydrogen-bond donors (Lipinski definition) is 1. The zero-order valence-corrected chi connectivity index (χ0v) is 17.8. The molecule has 1 aromatic rings. The maximum atomic E-state index is 13.1. The molecule has 0 aliphatic carbocycles. The van der Waals surface area contributed by atoms with Crippen molar-refractivity contribution < 1.29 is 22.7 Å². The highest BCUT2D eigenvalue weighted by Gasteiger charge is 2.35. The highest BCUT2D eigenvalue weighted by Crippen LogP contribution is 2.32. The van der Waals surface area contributed by atoms with Gasteiger partial charge in [-0.15, -0.1) is 0 Å². The molecule has 0 aromatic heterocycles. The first-order chi connectivity index (χ1) is 13.2. The number of amides is 1. The Morgan fingerprint density at radius 3 is 2.32 bits per heavy atom. The largest absolute Gasteiger partial charge is 0.486 e. The van der Waals surface area contributed by atoms with Crippen LogP contribution in [-0.2, 0) is 14.8 Å². The first kappa shape index (κ1) is 20.9. The fourth-order valence-electron chi connectivity index (χ4n) is 3.94. The molecular formula is C20H30N2O5S. The summed E-state index contributed by atoms with van der Waals surface area (Å²) in [4.78, 5) is 15.0. The second-order valence-corrected chi connectivity index (χ2v) is 10.1. The van der Waals surface area contributed by atoms with Crippen LogP contribution in [0.2, 0.25) is 0 Å². The molecule has 0 saturated carbocycles. The third-order valence-electron chi connectivity index (χ3n) is 5.22. The Kier molecular flexibility index (Phi) is 6.19. The number of nitrogens with one attached hydrogen (secondary N) is 1. The van der Waals surface area contributed by atoms with Gasteiger partial charge in [0.05, 0.1) is 4.90 Å². The molecular weight excluding hydrogens is 380 g/mol. The first-order valence-corrected chi connectivity index (χ1v) is 11.4. The van der Waals surface area contributed by atoms with Gasteiger partial charge in [-0.25, -0.2) is 8.42 Å². The fraction of sp³-hybridized carbons (Fsp3) is 0.650. The van der Waals surface area contributed by atoms with Crippen LogP contribution in [0.15, 0.2) is 23.1 Å². The summed E-state index contributed by atoms with van der Waals surface area (Å²) in [5, 5.41) is 0. The Bertz CT molecular complexity index is 814. The lowest BCUT2D eigenvalue weighted by Crippen LogP contribution is -2.54. The zero-order valence-electron chi connectivity index (χ0n) is 17.0. The van der Waals surface area contributed by atoms with Gasteiger partial charge in [0.15, 0.2) is 11.5 Å². The number of sulfonamides is 1. The molecule has 28 heavy (non-hydrogen) atoms. The number of likely N-dealkylation sites (tertiary alicyclic amines) is 1. The van der Waals surface area contributed by atoms with Crippen molar-refractivity contribution in [1.82, 2.24) is 9.62 Å². The summed E-state index contributed by atoms with van der Waals surface area (Å²) < 4.78 is 39.5. The molecule has 1 N–H and O–H groups in total. The summed E-state index contributed by atoms with van der Waals surface area (Å²) in [5.41, 5.74) is 0. The van der Waals surface area contributed by atoms with Crippen LogP contribution in [-0.4, -0.2) is 51.6 Å². The Balaban J connectivity index is 1.80. The molecule has 156 valence electrons. The van der Waals surface area contributed by atoms with Gasteiger partial charge in [-0.1, -0.05) is 27.7 Å². The summed E-state index contributed by atoms with van der Waals surface area (Å²) in [7, 11) is -3.88. The Morgan fingerprint density at radius 1 is 1.11 bits per heavy atom. The predicted molar refractivity (Wildman–Crippen MR) is 106 cm³/mol. The molecule has 1 fully saturated rings. The smallest absolute Gasteiger partial charge is 0.241 e. The normalized spacial score (nSPS) is 23.5. The van der Waals surface area contributed by atoms with E-state index in [0.717, 1.165) is 6.42 Å². The second-order valence-electron chi connectivity index (χ2n) is 8.34. The lowest BCUT2D eigenvalue weighted by Gasteiger charge is -2.37. The first-order valence-electron chi connectivity index (χ1n) is 9.88. The molecule has 2 aliphatic rings. The number of hydrogen-bond acceptors (Lipinski definition) is 5. The maximum absolute atomic E-state index is 13.1. The molecule has 0 unspecified atom stereocenters. The summed E-state index contributed by atoms with van der Waals surface area (Å²) in [6.45, 7) is 10.1. The van der Waals surface area contributed by atoms with E-state index in [2.05, 4.69) is 18.6 Å². The van der Waals surface area contributed by atoms with E-state index >= 15 is 0 Å². The second kappa shape index (κ2) is 8.29. The van der Waals surface area contributed by atoms with E-state index in [4.69, 9.17) is 9.47 Å². The van der Waals surface area contributed by atoms with Crippen molar-refractivity contribution in [3.8, 4) is 11.5 Å². The van der Waals surface area contributed by atoms with Crippen LogP contribution in [0.5, 0.6) is 11.5 Å². The van der Waals surface area contributed by atoms with E-state index in [9.17, 15) is 13.2 Å². The van der Waals surface area contributed by atoms with Crippen LogP contribution < -0.4 is 14.2 Å². The van der Waals surface area contributed by atoms with E-state index in [-0.39, 0.29) is 16.7 Å². The minimum absolute atomic E-state index is 0.0654. The van der Waals surface area contributed by atoms with E-state index in [1.54, 1.807) is 11.0 Å². The molecule has 0 radical (unpaired) electrons. The molecule has 1 amide bonds. The summed E-state index contributed by atoms with van der Waals surface area (Å²) >= 11 is 0. The van der Waals surface area contributed by atoms with Crippen molar-refractivity contribution in [3.63, 3.8) is 0 Å². The molecule has 0 spiro atoms. The average Bonchev–Trinajstić information content (AvgIpc) is 2.64. The number of piperidine rings is 1. The molecule has 1 aromatic carbocycles. The Morgan fingerprint density at radius 2 is 1.71 bits per heavy atom. The third-order valence-corrected chi connectivity index (χ3v) is 6.66. The standard InChI is InChI=1S/C20H30N2O5S/c1-13(2)19(20(23)22-11-14(3)9-15(4)12-22)21-28(24,25)16-5-6-17-18(10-16)27-8-7-26-17/h5-6,10,13-15,19,21H,7-9,11-12H2,1-4H3/t14-,15+,19-/m1/s1. The SMILES string of the molecule is CC(C)[C@@H](NS(=O)(=O)c1ccc2c(c1)OCCO2)C(=O)N1C[C@H](C)C[C@H](C)C1. The van der Waals surface area contributed by atoms with Gasteiger partial charge < -0.3 is 14.4 Å². The molecule has 2 heterocycles. The van der Waals surface area contributed by atoms with Crippen molar-refractivity contribution in [2.45, 2.75) is 45.1 Å². The van der Waals surface area contributed by atoms with Crippen molar-refractivity contribution in [2.24, 2.45) is 17.8 Å². The Labute approximate surface area is 167 Å². The third kappa shape index (κ3) is 4.60. The van der Waals surface area contributed by atoms with E-state index in [1.165, 1.54) is 12.1 Å². The van der Waals surface area contributed by atoms with Crippen molar-refractivity contribution in [3.05, 3.63) is 18.2 Å². The van der Waals surface area contributed by atoms with Gasteiger partial charge in [0.1, 0.15) is 19.3 Å². The predicted octanol–water partition coefficient (Wildman–Crippen LogP) is 2.27. The average molecular weight is 411 g/mol. The number of fused-ring (bicyclic) bond motifs is 1. The number of rotatable bonds is 5. The lowest BCUT2D eigenvalue weighted by atomic mass is 9.91. The minimum Gasteiger partial charge on any atom is -0.486 e. The number of carbonyl (C=O) groups is 1. The number of carbonyl (C=O) groups excluding carboxylic acids is 1. The van der Waals surface area contributed by atoms with Gasteiger partial charge in [0.2, 0.25) is 15.9 Å². The summed E-state index contributed by atoms with van der Waals surface area (Å²) in [6, 6.07) is 3.70. The van der Waals surface area contributed by atoms with Crippen molar-refractivity contribution in [1.29, 1.82) is 0 Å². The van der Waals surface area contributed by atoms with Gasteiger partial charge in [0, 0.05) is 19.2 Å². The molecule has 0 bridgehead atoms. The summed E-state index contributed by atoms with van der Waals surface area (Å²) in [6.07, 6.45) is 1.08. The molecule has 8 heteroatoms. The van der Waals surface area contributed by atoms with Crippen LogP contribution in [0.4, 0.5) is 0 Å². The van der Waals surface area contributed by atoms with Crippen LogP contribution in [0.3, 0.4) is 0 Å². The van der Waals surface area contributed by atoms with Gasteiger partial charge in [-0.3, -0.25) is 4.79 Å². The van der Waals surface area contributed by atoms with E-state index < -0.39 is 16.1 Å². The highest BCUT2D eigenvalue weighted by molar-refractivity contribution is 7.89. The monoisotopic (exact) mass is 410 g/mol. The quantitative estimate of drug-likeness (QED) is 0.805. The Hall–Kier alpha value is -1.80. The van der Waals surface area contributed by atoms with Crippen LogP contribution in [0.25, 0.3) is 0 Å². The molecule has 2 aliphatic heterocycles. The topological polar surface area (TPSA) is 84.9 Å². The minimum atomic E-state index is -3.88. The number of benzene rings is 1. The van der Waals surface area contributed by atoms with Gasteiger partial charge in [0.25, 0.3) is 0 Å². The molecule has 1 saturated heterocycles. The lowest BCUT2D eigenvalue weighted by molar-refractivity contribution is -0.136. The highest BCUT2D eigenvalue weighted by atomic mass is 32.2. The number of ether oxygens (including phenoxy) is 2. The van der Waals surface area contributed by atoms with Crippen molar-refractivity contribution >= 4 is 15.9 Å². The molecule has 3 rings (SSSR count). The summed E-state index contributed by atoms with van der Waals surface area (Å²) in [5.74, 6) is 1.42. The fourth-order valence-corrected chi connectivity index (χ4v) is 5.29. The van der Waals surface area contributed by atoms with Crippen LogP contribution in [0.1, 0.15) is 34.1 Å². The number of nitrogens with zero attached hydrogens (tertiary/aromatic N) is 1. The van der Waals surface area contributed by atoms with E-state index in [0.29, 0.717) is 49.6 Å². The zero-order chi connectivity index (χ0) is 20.5. The van der Waals surface area contributed by atoms with Crippen LogP contribution in [0, 0.1) is 17.8 Å². The van der Waals surface area contributed by atoms with Crippen LogP contribution >= 0.6 is 0 Å². The van der Waals surface area contributed by atoms with Gasteiger partial charge in [-0.2, -0.15) is 4.72 Å². The van der Waals surface area contributed by atoms with E-state index in [1.807, 2.05) is 13.8 Å². The van der Waals surface area contributed by atoms with Gasteiger partial charge in [-0.05, 0) is 36.3 Å². The molecule has 3 atom stereocenters. The van der Waals surface area contributed by atoms with Crippen molar-refractivity contribution in [2.75, 3.05) is 26.3 Å². The maximum Gasteiger partial charge on any atom is 0.241 e. The molecule has 7 nitrogen and oxygen atoms in total.